The Labute approximate surface area is 180 Å². The lowest BCUT2D eigenvalue weighted by Gasteiger charge is -2.34. The highest BCUT2D eigenvalue weighted by molar-refractivity contribution is 5.84. The quantitative estimate of drug-likeness (QED) is 0.494. The van der Waals surface area contributed by atoms with Crippen molar-refractivity contribution in [1.82, 2.24) is 4.90 Å². The first-order valence-electron chi connectivity index (χ1n) is 10.6. The Morgan fingerprint density at radius 3 is 1.63 bits per heavy atom. The molecule has 3 heteroatoms. The molecule has 0 unspecified atom stereocenters. The second-order valence-electron chi connectivity index (χ2n) is 8.16. The van der Waals surface area contributed by atoms with Crippen molar-refractivity contribution in [3.05, 3.63) is 108 Å². The van der Waals surface area contributed by atoms with Gasteiger partial charge in [0.25, 0.3) is 0 Å². The van der Waals surface area contributed by atoms with E-state index in [2.05, 4.69) is 43.0 Å². The third kappa shape index (κ3) is 6.12. The van der Waals surface area contributed by atoms with E-state index < -0.39 is 6.10 Å². The summed E-state index contributed by atoms with van der Waals surface area (Å²) in [5.41, 5.74) is 3.14. The van der Waals surface area contributed by atoms with Gasteiger partial charge in [-0.2, -0.15) is 0 Å². The molecule has 0 spiro atoms. The van der Waals surface area contributed by atoms with Crippen LogP contribution >= 0.6 is 0 Å². The van der Waals surface area contributed by atoms with E-state index in [0.29, 0.717) is 13.1 Å². The van der Waals surface area contributed by atoms with Crippen LogP contribution in [0, 0.1) is 5.92 Å². The molecule has 3 nitrogen and oxygen atoms in total. The number of aliphatic hydroxyl groups is 1. The van der Waals surface area contributed by atoms with E-state index >= 15 is 0 Å². The summed E-state index contributed by atoms with van der Waals surface area (Å²) in [6.07, 6.45) is -0.664. The van der Waals surface area contributed by atoms with Crippen LogP contribution < -0.4 is 0 Å². The van der Waals surface area contributed by atoms with Crippen LogP contribution in [-0.4, -0.2) is 21.8 Å². The Morgan fingerprint density at radius 1 is 0.767 bits per heavy atom. The van der Waals surface area contributed by atoms with E-state index in [4.69, 9.17) is 0 Å². The first-order valence-corrected chi connectivity index (χ1v) is 10.6. The van der Waals surface area contributed by atoms with Crippen LogP contribution in [0.4, 0.5) is 0 Å². The lowest BCUT2D eigenvalue weighted by Crippen LogP contribution is -2.44. The minimum atomic E-state index is -0.782. The van der Waals surface area contributed by atoms with E-state index in [9.17, 15) is 9.90 Å². The zero-order valence-electron chi connectivity index (χ0n) is 17.8. The fourth-order valence-corrected chi connectivity index (χ4v) is 3.99. The highest BCUT2D eigenvalue weighted by Gasteiger charge is 2.30. The molecule has 30 heavy (non-hydrogen) atoms. The molecule has 0 aliphatic rings. The highest BCUT2D eigenvalue weighted by Crippen LogP contribution is 2.24. The second-order valence-corrected chi connectivity index (χ2v) is 8.16. The van der Waals surface area contributed by atoms with Gasteiger partial charge in [-0.05, 0) is 22.6 Å². The standard InChI is InChI=1S/C27H31NO2/c1-21(2)27(26(30)18-25(29)24-16-10-5-11-17-24)28(19-22-12-6-3-7-13-22)20-23-14-8-4-9-15-23/h3-17,21,25,27,29H,18-20H2,1-2H3/t25-,27+/m1/s1. The lowest BCUT2D eigenvalue weighted by molar-refractivity contribution is -0.128. The molecular weight excluding hydrogens is 370 g/mol. The number of carbonyl (C=O) groups excluding carboxylic acids is 1. The normalized spacial score (nSPS) is 13.4. The molecule has 0 saturated carbocycles. The van der Waals surface area contributed by atoms with Crippen LogP contribution in [0.1, 0.15) is 43.1 Å². The maximum atomic E-state index is 13.4. The maximum Gasteiger partial charge on any atom is 0.153 e. The van der Waals surface area contributed by atoms with Gasteiger partial charge in [-0.15, -0.1) is 0 Å². The van der Waals surface area contributed by atoms with E-state index in [-0.39, 0.29) is 24.2 Å². The Kier molecular flexibility index (Phi) is 7.95. The molecule has 0 aliphatic heterocycles. The van der Waals surface area contributed by atoms with Crippen LogP contribution in [0.25, 0.3) is 0 Å². The van der Waals surface area contributed by atoms with Crippen LogP contribution in [0.15, 0.2) is 91.0 Å². The molecule has 0 bridgehead atoms. The fraction of sp³-hybridized carbons (Fsp3) is 0.296. The minimum Gasteiger partial charge on any atom is -0.388 e. The smallest absolute Gasteiger partial charge is 0.153 e. The molecule has 2 atom stereocenters. The summed E-state index contributed by atoms with van der Waals surface area (Å²) in [6.45, 7) is 5.54. The predicted octanol–water partition coefficient (Wildman–Crippen LogP) is 5.41. The minimum absolute atomic E-state index is 0.0771. The SMILES string of the molecule is CC(C)[C@@H](C(=O)C[C@@H](O)c1ccccc1)N(Cc1ccccc1)Cc1ccccc1. The summed E-state index contributed by atoms with van der Waals surface area (Å²) in [6, 6.07) is 29.7. The summed E-state index contributed by atoms with van der Waals surface area (Å²) in [7, 11) is 0. The van der Waals surface area contributed by atoms with E-state index in [1.54, 1.807) is 0 Å². The third-order valence-corrected chi connectivity index (χ3v) is 5.39. The van der Waals surface area contributed by atoms with Crippen molar-refractivity contribution in [2.24, 2.45) is 5.92 Å². The molecule has 156 valence electrons. The second kappa shape index (κ2) is 10.9. The van der Waals surface area contributed by atoms with Crippen LogP contribution in [0.3, 0.4) is 0 Å². The van der Waals surface area contributed by atoms with Crippen molar-refractivity contribution in [2.45, 2.75) is 45.5 Å². The van der Waals surface area contributed by atoms with Crippen molar-refractivity contribution in [1.29, 1.82) is 0 Å². The Hall–Kier alpha value is -2.75. The molecular formula is C27H31NO2. The zero-order valence-corrected chi connectivity index (χ0v) is 17.8. The van der Waals surface area contributed by atoms with Gasteiger partial charge in [0.2, 0.25) is 0 Å². The predicted molar refractivity (Wildman–Crippen MR) is 122 cm³/mol. The van der Waals surface area contributed by atoms with E-state index in [1.165, 1.54) is 11.1 Å². The summed E-state index contributed by atoms with van der Waals surface area (Å²) in [5, 5.41) is 10.6. The largest absolute Gasteiger partial charge is 0.388 e. The number of aliphatic hydroxyl groups excluding tert-OH is 1. The number of benzene rings is 3. The number of hydrogen-bond acceptors (Lipinski definition) is 3. The van der Waals surface area contributed by atoms with Gasteiger partial charge in [-0.1, -0.05) is 105 Å². The van der Waals surface area contributed by atoms with Crippen LogP contribution in [0.2, 0.25) is 0 Å². The molecule has 1 N–H and O–H groups in total. The molecule has 0 fully saturated rings. The third-order valence-electron chi connectivity index (χ3n) is 5.39. The Bertz CT molecular complexity index is 852. The Balaban J connectivity index is 1.83. The van der Waals surface area contributed by atoms with Gasteiger partial charge in [0.1, 0.15) is 0 Å². The molecule has 0 saturated heterocycles. The molecule has 3 aromatic rings. The maximum absolute atomic E-state index is 13.4. The van der Waals surface area contributed by atoms with Crippen LogP contribution in [-0.2, 0) is 17.9 Å². The molecule has 0 aliphatic carbocycles. The average Bonchev–Trinajstić information content (AvgIpc) is 2.75. The van der Waals surface area contributed by atoms with Crippen molar-refractivity contribution >= 4 is 5.78 Å². The molecule has 3 rings (SSSR count). The summed E-state index contributed by atoms with van der Waals surface area (Å²) < 4.78 is 0. The molecule has 3 aromatic carbocycles. The molecule has 0 radical (unpaired) electrons. The highest BCUT2D eigenvalue weighted by atomic mass is 16.3. The first kappa shape index (κ1) is 21.9. The fourth-order valence-electron chi connectivity index (χ4n) is 3.99. The summed E-state index contributed by atoms with van der Waals surface area (Å²) >= 11 is 0. The van der Waals surface area contributed by atoms with Gasteiger partial charge in [0, 0.05) is 19.5 Å². The van der Waals surface area contributed by atoms with Gasteiger partial charge in [0.05, 0.1) is 12.1 Å². The van der Waals surface area contributed by atoms with Gasteiger partial charge >= 0.3 is 0 Å². The van der Waals surface area contributed by atoms with E-state index in [0.717, 1.165) is 5.56 Å². The van der Waals surface area contributed by atoms with Gasteiger partial charge in [0.15, 0.2) is 5.78 Å². The zero-order chi connectivity index (χ0) is 21.3. The van der Waals surface area contributed by atoms with Crippen LogP contribution in [0.5, 0.6) is 0 Å². The number of hydrogen-bond donors (Lipinski definition) is 1. The van der Waals surface area contributed by atoms with Gasteiger partial charge in [-0.3, -0.25) is 9.69 Å². The van der Waals surface area contributed by atoms with Gasteiger partial charge < -0.3 is 5.11 Å². The van der Waals surface area contributed by atoms with Gasteiger partial charge in [-0.25, -0.2) is 0 Å². The number of rotatable bonds is 10. The summed E-state index contributed by atoms with van der Waals surface area (Å²) in [5.74, 6) is 0.209. The van der Waals surface area contributed by atoms with E-state index in [1.807, 2.05) is 66.7 Å². The number of Topliss-reactive ketones (excluding diaryl/α,β-unsaturated/α-hetero) is 1. The molecule has 0 heterocycles. The first-order chi connectivity index (χ1) is 14.5. The number of ketones is 1. The van der Waals surface area contributed by atoms with Crippen molar-refractivity contribution in [3.8, 4) is 0 Å². The molecule has 0 amide bonds. The monoisotopic (exact) mass is 401 g/mol. The van der Waals surface area contributed by atoms with Crippen molar-refractivity contribution in [3.63, 3.8) is 0 Å². The lowest BCUT2D eigenvalue weighted by atomic mass is 9.92. The number of nitrogens with zero attached hydrogens (tertiary/aromatic N) is 1. The number of carbonyl (C=O) groups is 1. The average molecular weight is 402 g/mol. The molecule has 0 aromatic heterocycles. The topological polar surface area (TPSA) is 40.5 Å². The van der Waals surface area contributed by atoms with Crippen molar-refractivity contribution in [2.75, 3.05) is 0 Å². The summed E-state index contributed by atoms with van der Waals surface area (Å²) in [4.78, 5) is 15.6. The van der Waals surface area contributed by atoms with Crippen molar-refractivity contribution < 1.29 is 9.90 Å². The Morgan fingerprint density at radius 2 is 1.20 bits per heavy atom.